The van der Waals surface area contributed by atoms with E-state index < -0.39 is 6.10 Å². The van der Waals surface area contributed by atoms with E-state index in [0.717, 1.165) is 23.4 Å². The van der Waals surface area contributed by atoms with Crippen LogP contribution < -0.4 is 5.32 Å². The number of aromatic nitrogens is 2. The summed E-state index contributed by atoms with van der Waals surface area (Å²) in [7, 11) is 3.98. The molecule has 0 radical (unpaired) electrons. The van der Waals surface area contributed by atoms with Crippen LogP contribution in [0.3, 0.4) is 0 Å². The smallest absolute Gasteiger partial charge is 0.250 e. The monoisotopic (exact) mass is 302 g/mol. The Morgan fingerprint density at radius 2 is 2.27 bits per heavy atom. The molecule has 1 aliphatic heterocycles. The van der Waals surface area contributed by atoms with Crippen LogP contribution in [0.5, 0.6) is 0 Å². The van der Waals surface area contributed by atoms with Crippen molar-refractivity contribution in [1.82, 2.24) is 19.8 Å². The number of imidazole rings is 1. The van der Waals surface area contributed by atoms with Gasteiger partial charge >= 0.3 is 0 Å². The number of aryl methyl sites for hydroxylation is 2. The van der Waals surface area contributed by atoms with E-state index in [1.807, 2.05) is 30.8 Å². The second-order valence-corrected chi connectivity index (χ2v) is 5.87. The van der Waals surface area contributed by atoms with Crippen molar-refractivity contribution in [2.75, 3.05) is 26.7 Å². The van der Waals surface area contributed by atoms with Crippen molar-refractivity contribution in [3.63, 3.8) is 0 Å². The zero-order chi connectivity index (χ0) is 15.7. The molecule has 6 heteroatoms. The Bertz CT molecular complexity index is 695. The second-order valence-electron chi connectivity index (χ2n) is 5.87. The Balaban J connectivity index is 1.70. The molecular weight excluding hydrogens is 280 g/mol. The molecule has 3 rings (SSSR count). The molecule has 0 spiro atoms. The summed E-state index contributed by atoms with van der Waals surface area (Å²) in [6.45, 7) is 4.58. The lowest BCUT2D eigenvalue weighted by molar-refractivity contribution is -0.138. The largest absolute Gasteiger partial charge is 0.366 e. The van der Waals surface area contributed by atoms with Gasteiger partial charge in [-0.05, 0) is 25.6 Å². The van der Waals surface area contributed by atoms with Gasteiger partial charge in [0.2, 0.25) is 0 Å². The minimum atomic E-state index is -0.393. The Labute approximate surface area is 130 Å². The molecule has 6 nitrogen and oxygen atoms in total. The summed E-state index contributed by atoms with van der Waals surface area (Å²) in [5, 5.41) is 2.94. The zero-order valence-corrected chi connectivity index (χ0v) is 13.3. The predicted molar refractivity (Wildman–Crippen MR) is 84.5 cm³/mol. The SMILES string of the molecule is Cc1cccc2nc(CNC(=O)C3CN(C)CCO3)n(C)c12. The van der Waals surface area contributed by atoms with Crippen LogP contribution in [-0.2, 0) is 23.1 Å². The highest BCUT2D eigenvalue weighted by Crippen LogP contribution is 2.18. The number of nitrogens with one attached hydrogen (secondary N) is 1. The van der Waals surface area contributed by atoms with Gasteiger partial charge in [-0.15, -0.1) is 0 Å². The Hall–Kier alpha value is -1.92. The maximum Gasteiger partial charge on any atom is 0.250 e. The number of amides is 1. The molecular formula is C16H22N4O2. The van der Waals surface area contributed by atoms with E-state index in [2.05, 4.69) is 28.2 Å². The molecule has 2 heterocycles. The van der Waals surface area contributed by atoms with Gasteiger partial charge in [-0.3, -0.25) is 4.79 Å². The fourth-order valence-electron chi connectivity index (χ4n) is 2.89. The number of fused-ring (bicyclic) bond motifs is 1. The lowest BCUT2D eigenvalue weighted by Crippen LogP contribution is -2.48. The van der Waals surface area contributed by atoms with Crippen LogP contribution in [0.2, 0.25) is 0 Å². The van der Waals surface area contributed by atoms with Gasteiger partial charge in [-0.25, -0.2) is 4.98 Å². The fourth-order valence-corrected chi connectivity index (χ4v) is 2.89. The summed E-state index contributed by atoms with van der Waals surface area (Å²) in [5.74, 6) is 0.775. The van der Waals surface area contributed by atoms with E-state index in [0.29, 0.717) is 19.7 Å². The average Bonchev–Trinajstić information content (AvgIpc) is 2.82. The summed E-state index contributed by atoms with van der Waals surface area (Å²) < 4.78 is 7.57. The predicted octanol–water partition coefficient (Wildman–Crippen LogP) is 0.829. The first-order chi connectivity index (χ1) is 10.6. The normalized spacial score (nSPS) is 19.5. The van der Waals surface area contributed by atoms with E-state index in [9.17, 15) is 4.79 Å². The maximum absolute atomic E-state index is 12.2. The number of carbonyl (C=O) groups is 1. The summed E-state index contributed by atoms with van der Waals surface area (Å²) in [6, 6.07) is 6.06. The van der Waals surface area contributed by atoms with Gasteiger partial charge in [0, 0.05) is 20.1 Å². The van der Waals surface area contributed by atoms with Gasteiger partial charge < -0.3 is 19.5 Å². The molecule has 1 fully saturated rings. The molecule has 1 aromatic carbocycles. The molecule has 0 saturated carbocycles. The first-order valence-electron chi connectivity index (χ1n) is 7.55. The topological polar surface area (TPSA) is 59.4 Å². The van der Waals surface area contributed by atoms with E-state index in [1.165, 1.54) is 5.56 Å². The van der Waals surface area contributed by atoms with Crippen LogP contribution in [0.15, 0.2) is 18.2 Å². The minimum Gasteiger partial charge on any atom is -0.366 e. The number of benzene rings is 1. The number of hydrogen-bond acceptors (Lipinski definition) is 4. The van der Waals surface area contributed by atoms with Gasteiger partial charge in [0.25, 0.3) is 5.91 Å². The number of ether oxygens (including phenoxy) is 1. The maximum atomic E-state index is 12.2. The van der Waals surface area contributed by atoms with Gasteiger partial charge in [0.05, 0.1) is 24.2 Å². The molecule has 118 valence electrons. The van der Waals surface area contributed by atoms with Crippen LogP contribution >= 0.6 is 0 Å². The van der Waals surface area contributed by atoms with Crippen molar-refractivity contribution >= 4 is 16.9 Å². The highest BCUT2D eigenvalue weighted by atomic mass is 16.5. The standard InChI is InChI=1S/C16H22N4O2/c1-11-5-4-6-12-15(11)20(3)14(18-12)9-17-16(21)13-10-19(2)7-8-22-13/h4-6,13H,7-10H2,1-3H3,(H,17,21). The van der Waals surface area contributed by atoms with Crippen molar-refractivity contribution in [1.29, 1.82) is 0 Å². The van der Waals surface area contributed by atoms with Crippen molar-refractivity contribution in [2.24, 2.45) is 7.05 Å². The molecule has 1 saturated heterocycles. The van der Waals surface area contributed by atoms with Crippen molar-refractivity contribution in [3.05, 3.63) is 29.6 Å². The highest BCUT2D eigenvalue weighted by Gasteiger charge is 2.24. The number of rotatable bonds is 3. The molecule has 1 atom stereocenters. The summed E-state index contributed by atoms with van der Waals surface area (Å²) >= 11 is 0. The number of nitrogens with zero attached hydrogens (tertiary/aromatic N) is 3. The Morgan fingerprint density at radius 3 is 3.00 bits per heavy atom. The number of hydrogen-bond donors (Lipinski definition) is 1. The molecule has 1 aromatic heterocycles. The van der Waals surface area contributed by atoms with Crippen molar-refractivity contribution in [2.45, 2.75) is 19.6 Å². The number of para-hydroxylation sites is 1. The van der Waals surface area contributed by atoms with Gasteiger partial charge in [-0.2, -0.15) is 0 Å². The summed E-state index contributed by atoms with van der Waals surface area (Å²) in [6.07, 6.45) is -0.393. The third-order valence-corrected chi connectivity index (χ3v) is 4.17. The molecule has 0 aliphatic carbocycles. The first kappa shape index (κ1) is 15.0. The zero-order valence-electron chi connectivity index (χ0n) is 13.3. The number of carbonyl (C=O) groups excluding carboxylic acids is 1. The quantitative estimate of drug-likeness (QED) is 0.912. The summed E-state index contributed by atoms with van der Waals surface area (Å²) in [5.41, 5.74) is 3.25. The molecule has 2 aromatic rings. The second kappa shape index (κ2) is 6.06. The van der Waals surface area contributed by atoms with Gasteiger partial charge in [0.15, 0.2) is 0 Å². The first-order valence-corrected chi connectivity index (χ1v) is 7.55. The fraction of sp³-hybridized carbons (Fsp3) is 0.500. The number of likely N-dealkylation sites (N-methyl/N-ethyl adjacent to an activating group) is 1. The molecule has 1 aliphatic rings. The van der Waals surface area contributed by atoms with E-state index in [1.54, 1.807) is 0 Å². The summed E-state index contributed by atoms with van der Waals surface area (Å²) in [4.78, 5) is 18.9. The van der Waals surface area contributed by atoms with Crippen LogP contribution in [0.25, 0.3) is 11.0 Å². The van der Waals surface area contributed by atoms with E-state index >= 15 is 0 Å². The van der Waals surface area contributed by atoms with Crippen LogP contribution in [0, 0.1) is 6.92 Å². The van der Waals surface area contributed by atoms with Crippen LogP contribution in [0.1, 0.15) is 11.4 Å². The van der Waals surface area contributed by atoms with Gasteiger partial charge in [0.1, 0.15) is 11.9 Å². The van der Waals surface area contributed by atoms with E-state index in [4.69, 9.17) is 4.74 Å². The third kappa shape index (κ3) is 2.84. The number of morpholine rings is 1. The highest BCUT2D eigenvalue weighted by molar-refractivity contribution is 5.82. The molecule has 1 amide bonds. The average molecular weight is 302 g/mol. The Kier molecular flexibility index (Phi) is 4.13. The lowest BCUT2D eigenvalue weighted by Gasteiger charge is -2.29. The lowest BCUT2D eigenvalue weighted by atomic mass is 10.2. The van der Waals surface area contributed by atoms with Crippen molar-refractivity contribution < 1.29 is 9.53 Å². The van der Waals surface area contributed by atoms with Gasteiger partial charge in [-0.1, -0.05) is 12.1 Å². The minimum absolute atomic E-state index is 0.0738. The Morgan fingerprint density at radius 1 is 1.45 bits per heavy atom. The third-order valence-electron chi connectivity index (χ3n) is 4.17. The van der Waals surface area contributed by atoms with Crippen molar-refractivity contribution in [3.8, 4) is 0 Å². The molecule has 0 bridgehead atoms. The molecule has 1 N–H and O–H groups in total. The van der Waals surface area contributed by atoms with E-state index in [-0.39, 0.29) is 5.91 Å². The molecule has 1 unspecified atom stereocenters. The van der Waals surface area contributed by atoms with Crippen LogP contribution in [0.4, 0.5) is 0 Å². The van der Waals surface area contributed by atoms with Crippen LogP contribution in [-0.4, -0.2) is 53.2 Å². The molecule has 22 heavy (non-hydrogen) atoms.